The van der Waals surface area contributed by atoms with Gasteiger partial charge in [-0.2, -0.15) is 0 Å². The number of anilines is 1. The summed E-state index contributed by atoms with van der Waals surface area (Å²) in [6.45, 7) is 0. The van der Waals surface area contributed by atoms with Crippen LogP contribution in [0.2, 0.25) is 0 Å². The molecule has 1 aromatic rings. The van der Waals surface area contributed by atoms with E-state index >= 15 is 0 Å². The van der Waals surface area contributed by atoms with E-state index in [1.807, 2.05) is 4.72 Å². The molecule has 0 amide bonds. The predicted octanol–water partition coefficient (Wildman–Crippen LogP) is 0.358. The van der Waals surface area contributed by atoms with Gasteiger partial charge in [0.2, 0.25) is 10.0 Å². The summed E-state index contributed by atoms with van der Waals surface area (Å²) < 4.78 is 68.7. The lowest BCUT2D eigenvalue weighted by Gasteiger charge is -2.07. The van der Waals surface area contributed by atoms with E-state index in [9.17, 15) is 25.3 Å². The lowest BCUT2D eigenvalue weighted by Crippen LogP contribution is -2.22. The maximum Gasteiger partial charge on any atom is 0.261 e. The van der Waals surface area contributed by atoms with Gasteiger partial charge in [-0.05, 0) is 24.3 Å². The zero-order valence-electron chi connectivity index (χ0n) is 9.57. The van der Waals surface area contributed by atoms with Crippen molar-refractivity contribution in [2.24, 2.45) is 0 Å². The third-order valence-corrected chi connectivity index (χ3v) is 6.65. The first kappa shape index (κ1) is 16.2. The van der Waals surface area contributed by atoms with E-state index in [4.69, 9.17) is 10.7 Å². The first-order valence-electron chi connectivity index (χ1n) is 4.62. The van der Waals surface area contributed by atoms with Crippen molar-refractivity contribution in [3.8, 4) is 0 Å². The fourth-order valence-corrected chi connectivity index (χ4v) is 4.93. The predicted molar refractivity (Wildman–Crippen MR) is 71.7 cm³/mol. The van der Waals surface area contributed by atoms with Gasteiger partial charge in [0.15, 0.2) is 14.9 Å². The minimum Gasteiger partial charge on any atom is -0.283 e. The lowest BCUT2D eigenvalue weighted by atomic mass is 10.3. The Bertz CT molecular complexity index is 764. The summed E-state index contributed by atoms with van der Waals surface area (Å²) in [5.41, 5.74) is 0.0349. The van der Waals surface area contributed by atoms with Crippen LogP contribution >= 0.6 is 10.7 Å². The molecule has 0 unspecified atom stereocenters. The summed E-state index contributed by atoms with van der Waals surface area (Å²) in [7, 11) is -6.57. The smallest absolute Gasteiger partial charge is 0.261 e. The second-order valence-electron chi connectivity index (χ2n) is 3.72. The number of hydrogen-bond acceptors (Lipinski definition) is 6. The van der Waals surface area contributed by atoms with Crippen LogP contribution < -0.4 is 4.72 Å². The van der Waals surface area contributed by atoms with Crippen molar-refractivity contribution >= 4 is 45.3 Å². The second kappa shape index (κ2) is 5.27. The van der Waals surface area contributed by atoms with Crippen LogP contribution in [0.15, 0.2) is 29.2 Å². The summed E-state index contributed by atoms with van der Waals surface area (Å²) in [5, 5.41) is -1.06. The summed E-state index contributed by atoms with van der Waals surface area (Å²) in [6.07, 6.45) is 0.787. The average molecular weight is 348 g/mol. The SMILES string of the molecule is CS(=O)(=O)CS(=O)(=O)Nc1ccc(S(=O)(=O)Cl)cc1. The summed E-state index contributed by atoms with van der Waals surface area (Å²) in [5.74, 6) is 0. The Hall–Kier alpha value is -0.840. The third-order valence-electron chi connectivity index (χ3n) is 1.78. The molecule has 11 heteroatoms. The van der Waals surface area contributed by atoms with Crippen molar-refractivity contribution in [2.45, 2.75) is 4.90 Å². The van der Waals surface area contributed by atoms with E-state index in [1.54, 1.807) is 0 Å². The highest BCUT2D eigenvalue weighted by atomic mass is 35.7. The van der Waals surface area contributed by atoms with E-state index in [2.05, 4.69) is 0 Å². The van der Waals surface area contributed by atoms with Gasteiger partial charge in [0.1, 0.15) is 0 Å². The zero-order valence-corrected chi connectivity index (χ0v) is 12.8. The van der Waals surface area contributed by atoms with Crippen LogP contribution in [-0.4, -0.2) is 36.6 Å². The molecular formula is C8H10ClNO6S3. The molecule has 0 bridgehead atoms. The normalized spacial score (nSPS) is 13.2. The monoisotopic (exact) mass is 347 g/mol. The van der Waals surface area contributed by atoms with Crippen LogP contribution in [0.5, 0.6) is 0 Å². The standard InChI is InChI=1S/C8H10ClNO6S3/c1-17(11,12)6-18(13,14)10-7-2-4-8(5-3-7)19(9,15)16/h2-5,10H,6H2,1H3. The van der Waals surface area contributed by atoms with Crippen molar-refractivity contribution in [1.82, 2.24) is 0 Å². The molecule has 108 valence electrons. The Morgan fingerprint density at radius 2 is 1.47 bits per heavy atom. The van der Waals surface area contributed by atoms with E-state index in [0.717, 1.165) is 30.5 Å². The molecule has 0 heterocycles. The van der Waals surface area contributed by atoms with Crippen molar-refractivity contribution < 1.29 is 25.3 Å². The molecular weight excluding hydrogens is 338 g/mol. The minimum atomic E-state index is -4.06. The maximum atomic E-state index is 11.5. The Labute approximate surface area is 116 Å². The van der Waals surface area contributed by atoms with Gasteiger partial charge < -0.3 is 0 Å². The molecule has 0 aliphatic heterocycles. The van der Waals surface area contributed by atoms with Gasteiger partial charge >= 0.3 is 0 Å². The van der Waals surface area contributed by atoms with Crippen molar-refractivity contribution in [1.29, 1.82) is 0 Å². The fraction of sp³-hybridized carbons (Fsp3) is 0.250. The molecule has 0 radical (unpaired) electrons. The zero-order chi connectivity index (χ0) is 14.9. The van der Waals surface area contributed by atoms with E-state index in [0.29, 0.717) is 0 Å². The molecule has 0 fully saturated rings. The maximum absolute atomic E-state index is 11.5. The van der Waals surface area contributed by atoms with Gasteiger partial charge in [0.25, 0.3) is 9.05 Å². The van der Waals surface area contributed by atoms with Gasteiger partial charge in [-0.1, -0.05) is 0 Å². The van der Waals surface area contributed by atoms with Gasteiger partial charge in [-0.3, -0.25) is 4.72 Å². The number of sulfonamides is 1. The van der Waals surface area contributed by atoms with Crippen molar-refractivity contribution in [3.05, 3.63) is 24.3 Å². The number of rotatable bonds is 5. The van der Waals surface area contributed by atoms with E-state index in [-0.39, 0.29) is 10.6 Å². The van der Waals surface area contributed by atoms with Crippen LogP contribution in [0.3, 0.4) is 0 Å². The van der Waals surface area contributed by atoms with Gasteiger partial charge in [-0.25, -0.2) is 25.3 Å². The molecule has 1 N–H and O–H groups in total. The van der Waals surface area contributed by atoms with E-state index in [1.165, 1.54) is 0 Å². The molecule has 0 saturated carbocycles. The molecule has 0 aliphatic carbocycles. The molecule has 1 rings (SSSR count). The van der Waals surface area contributed by atoms with Crippen LogP contribution in [-0.2, 0) is 28.9 Å². The molecule has 1 aromatic carbocycles. The van der Waals surface area contributed by atoms with Crippen LogP contribution in [0, 0.1) is 0 Å². The minimum absolute atomic E-state index is 0.0349. The van der Waals surface area contributed by atoms with Crippen molar-refractivity contribution in [2.75, 3.05) is 16.1 Å². The van der Waals surface area contributed by atoms with Crippen LogP contribution in [0.1, 0.15) is 0 Å². The summed E-state index contributed by atoms with van der Waals surface area (Å²) >= 11 is 0. The highest BCUT2D eigenvalue weighted by Crippen LogP contribution is 2.18. The largest absolute Gasteiger partial charge is 0.283 e. The highest BCUT2D eigenvalue weighted by molar-refractivity contribution is 8.13. The fourth-order valence-electron chi connectivity index (χ4n) is 1.18. The Balaban J connectivity index is 2.96. The van der Waals surface area contributed by atoms with Crippen LogP contribution in [0.25, 0.3) is 0 Å². The quantitative estimate of drug-likeness (QED) is 0.769. The number of benzene rings is 1. The topological polar surface area (TPSA) is 114 Å². The highest BCUT2D eigenvalue weighted by Gasteiger charge is 2.18. The van der Waals surface area contributed by atoms with Gasteiger partial charge in [0, 0.05) is 22.6 Å². The molecule has 7 nitrogen and oxygen atoms in total. The number of sulfone groups is 1. The Morgan fingerprint density at radius 1 is 1.00 bits per heavy atom. The lowest BCUT2D eigenvalue weighted by molar-refractivity contribution is 0.594. The summed E-state index contributed by atoms with van der Waals surface area (Å²) in [4.78, 5) is -0.194. The first-order valence-corrected chi connectivity index (χ1v) is 10.6. The summed E-state index contributed by atoms with van der Waals surface area (Å²) in [6, 6.07) is 4.52. The molecule has 0 aliphatic rings. The third kappa shape index (κ3) is 5.76. The van der Waals surface area contributed by atoms with Crippen LogP contribution in [0.4, 0.5) is 5.69 Å². The second-order valence-corrected chi connectivity index (χ2v) is 10.5. The average Bonchev–Trinajstić information content (AvgIpc) is 2.11. The first-order chi connectivity index (χ1) is 8.39. The number of hydrogen-bond donors (Lipinski definition) is 1. The molecule has 19 heavy (non-hydrogen) atoms. The van der Waals surface area contributed by atoms with Crippen molar-refractivity contribution in [3.63, 3.8) is 0 Å². The number of nitrogens with one attached hydrogen (secondary N) is 1. The van der Waals surface area contributed by atoms with Gasteiger partial charge in [0.05, 0.1) is 4.90 Å². The molecule has 0 spiro atoms. The van der Waals surface area contributed by atoms with Gasteiger partial charge in [-0.15, -0.1) is 0 Å². The number of halogens is 1. The molecule has 0 aromatic heterocycles. The molecule has 0 atom stereocenters. The Morgan fingerprint density at radius 3 is 1.84 bits per heavy atom. The van der Waals surface area contributed by atoms with E-state index < -0.39 is 34.0 Å². The molecule has 0 saturated heterocycles. The Kier molecular flexibility index (Phi) is 4.50.